The molecule has 0 aromatic rings. The van der Waals surface area contributed by atoms with Gasteiger partial charge < -0.3 is 35.7 Å². The number of rotatable bonds is 10. The quantitative estimate of drug-likeness (QED) is 0.0677. The Kier molecular flexibility index (Phi) is 11.1. The van der Waals surface area contributed by atoms with Crippen molar-refractivity contribution in [1.29, 1.82) is 0 Å². The molecule has 8 atom stereocenters. The lowest BCUT2D eigenvalue weighted by molar-refractivity contribution is -0.143. The van der Waals surface area contributed by atoms with Crippen molar-refractivity contribution in [3.05, 3.63) is 48.1 Å². The van der Waals surface area contributed by atoms with Crippen LogP contribution in [-0.2, 0) is 33.3 Å². The number of carbonyl (C=O) groups is 3. The summed E-state index contributed by atoms with van der Waals surface area (Å²) in [6.07, 6.45) is 9.69. The lowest BCUT2D eigenvalue weighted by Gasteiger charge is -2.39. The summed E-state index contributed by atoms with van der Waals surface area (Å²) in [5.41, 5.74) is 12.1. The Morgan fingerprint density at radius 1 is 1.22 bits per heavy atom. The third kappa shape index (κ3) is 9.65. The topological polar surface area (TPSA) is 168 Å². The van der Waals surface area contributed by atoms with Crippen LogP contribution in [-0.4, -0.2) is 72.5 Å². The number of ether oxygens (including phenoxy) is 4. The number of allylic oxidation sites excluding steroid dienone is 2. The zero-order valence-electron chi connectivity index (χ0n) is 24.6. The summed E-state index contributed by atoms with van der Waals surface area (Å²) in [7, 11) is 0. The summed E-state index contributed by atoms with van der Waals surface area (Å²) >= 11 is 0. The standard InChI is InChI=1S/C30H44N4O7/c1-17(8-11-26-20(4)30(16-38-30)15-23(41-26)14-28(37)34-29(31)32)7-10-25-18(2)13-24(21(5)40-25)33-27(36)12-9-19(3)39-22(6)35/h7-9,11-12,18-19,21,23-26H,4,10,13-16H2,1-3,5-6H3,(H,33,36)(H4,31,32,34,37)/b11-8+,12-9-,17-7+/t18-,19-,21+,23?,24+,25-,26+,30+/m0/s1. The van der Waals surface area contributed by atoms with Gasteiger partial charge in [-0.3, -0.25) is 14.4 Å². The number of hydrogen-bond donors (Lipinski definition) is 3. The molecule has 0 aliphatic carbocycles. The van der Waals surface area contributed by atoms with Gasteiger partial charge in [-0.05, 0) is 51.2 Å². The van der Waals surface area contributed by atoms with E-state index in [0.717, 1.165) is 24.0 Å². The fourth-order valence-electron chi connectivity index (χ4n) is 5.23. The predicted molar refractivity (Wildman–Crippen MR) is 154 cm³/mol. The molecule has 2 amide bonds. The van der Waals surface area contributed by atoms with Crippen LogP contribution in [0.1, 0.15) is 60.3 Å². The molecule has 11 nitrogen and oxygen atoms in total. The zero-order valence-corrected chi connectivity index (χ0v) is 24.6. The van der Waals surface area contributed by atoms with Crippen LogP contribution in [0.4, 0.5) is 0 Å². The van der Waals surface area contributed by atoms with Crippen molar-refractivity contribution in [2.45, 2.75) is 102 Å². The SMILES string of the molecule is C=C1[C@@H](/C=C/C(C)=C/C[C@@H]2O[C@H](C)[C@H](NC(=O)/C=C\[C@H](C)OC(C)=O)C[C@@H]2C)OC(CC(=O)N=C(N)N)C[C@@]12CO2. The monoisotopic (exact) mass is 572 g/mol. The second-order valence-corrected chi connectivity index (χ2v) is 11.2. The average Bonchev–Trinajstić information content (AvgIpc) is 3.64. The van der Waals surface area contributed by atoms with Gasteiger partial charge in [-0.25, -0.2) is 0 Å². The molecule has 3 rings (SSSR count). The van der Waals surface area contributed by atoms with Crippen LogP contribution < -0.4 is 16.8 Å². The van der Waals surface area contributed by atoms with Crippen LogP contribution in [0.15, 0.2) is 53.1 Å². The molecule has 0 saturated carbocycles. The minimum atomic E-state index is -0.474. The molecule has 0 aromatic carbocycles. The minimum absolute atomic E-state index is 0.0102. The van der Waals surface area contributed by atoms with E-state index in [2.05, 4.69) is 29.9 Å². The van der Waals surface area contributed by atoms with E-state index in [1.54, 1.807) is 13.0 Å². The van der Waals surface area contributed by atoms with Gasteiger partial charge in [-0.15, -0.1) is 0 Å². The smallest absolute Gasteiger partial charge is 0.303 e. The van der Waals surface area contributed by atoms with Crippen molar-refractivity contribution < 1.29 is 33.3 Å². The first-order valence-corrected chi connectivity index (χ1v) is 14.1. The number of nitrogens with one attached hydrogen (secondary N) is 1. The molecule has 1 unspecified atom stereocenters. The first-order valence-electron chi connectivity index (χ1n) is 14.1. The normalized spacial score (nSPS) is 32.6. The van der Waals surface area contributed by atoms with Crippen molar-refractivity contribution in [1.82, 2.24) is 5.32 Å². The Morgan fingerprint density at radius 3 is 2.56 bits per heavy atom. The van der Waals surface area contributed by atoms with Gasteiger partial charge in [0.1, 0.15) is 11.7 Å². The van der Waals surface area contributed by atoms with Crippen LogP contribution in [0.2, 0.25) is 0 Å². The Balaban J connectivity index is 1.52. The molecule has 1 spiro atoms. The third-order valence-corrected chi connectivity index (χ3v) is 7.59. The van der Waals surface area contributed by atoms with E-state index >= 15 is 0 Å². The summed E-state index contributed by atoms with van der Waals surface area (Å²) in [6.45, 7) is 13.9. The molecule has 3 aliphatic heterocycles. The van der Waals surface area contributed by atoms with Gasteiger partial charge in [0.25, 0.3) is 5.91 Å². The van der Waals surface area contributed by atoms with Crippen LogP contribution in [0, 0.1) is 5.92 Å². The maximum atomic E-state index is 12.4. The molecule has 0 bridgehead atoms. The number of carbonyl (C=O) groups excluding carboxylic acids is 3. The van der Waals surface area contributed by atoms with Crippen LogP contribution >= 0.6 is 0 Å². The van der Waals surface area contributed by atoms with Gasteiger partial charge in [0, 0.05) is 19.4 Å². The summed E-state index contributed by atoms with van der Waals surface area (Å²) in [6, 6.07) is -0.120. The molecule has 3 saturated heterocycles. The molecule has 3 aliphatic rings. The summed E-state index contributed by atoms with van der Waals surface area (Å²) in [4.78, 5) is 39.1. The maximum Gasteiger partial charge on any atom is 0.303 e. The third-order valence-electron chi connectivity index (χ3n) is 7.59. The number of hydrogen-bond acceptors (Lipinski definition) is 7. The summed E-state index contributed by atoms with van der Waals surface area (Å²) in [5, 5.41) is 3.00. The van der Waals surface area contributed by atoms with E-state index < -0.39 is 29.7 Å². The molecule has 11 heteroatoms. The predicted octanol–water partition coefficient (Wildman–Crippen LogP) is 2.36. The number of esters is 1. The van der Waals surface area contributed by atoms with Gasteiger partial charge in [0.2, 0.25) is 5.91 Å². The van der Waals surface area contributed by atoms with E-state index in [9.17, 15) is 14.4 Å². The van der Waals surface area contributed by atoms with Crippen molar-refractivity contribution in [3.8, 4) is 0 Å². The number of nitrogens with zero attached hydrogens (tertiary/aromatic N) is 1. The van der Waals surface area contributed by atoms with Gasteiger partial charge >= 0.3 is 5.97 Å². The molecular formula is C30H44N4O7. The number of aliphatic imine (C=N–C) groups is 1. The van der Waals surface area contributed by atoms with Crippen molar-refractivity contribution >= 4 is 23.7 Å². The maximum absolute atomic E-state index is 12.4. The fourth-order valence-corrected chi connectivity index (χ4v) is 5.23. The zero-order chi connectivity index (χ0) is 30.3. The first kappa shape index (κ1) is 32.2. The Hall–Kier alpha value is -3.28. The van der Waals surface area contributed by atoms with Crippen molar-refractivity contribution in [2.24, 2.45) is 22.4 Å². The molecule has 3 fully saturated rings. The number of guanidine groups is 1. The average molecular weight is 573 g/mol. The number of epoxide rings is 1. The fraction of sp³-hybridized carbons (Fsp3) is 0.600. The highest BCUT2D eigenvalue weighted by Gasteiger charge is 2.54. The molecule has 0 aromatic heterocycles. The second-order valence-electron chi connectivity index (χ2n) is 11.2. The highest BCUT2D eigenvalue weighted by molar-refractivity contribution is 5.91. The second kappa shape index (κ2) is 14.1. The van der Waals surface area contributed by atoms with E-state index in [1.165, 1.54) is 13.0 Å². The van der Waals surface area contributed by atoms with Crippen LogP contribution in [0.25, 0.3) is 0 Å². The van der Waals surface area contributed by atoms with Gasteiger partial charge in [0.05, 0.1) is 43.5 Å². The van der Waals surface area contributed by atoms with Gasteiger partial charge in [0.15, 0.2) is 5.96 Å². The highest BCUT2D eigenvalue weighted by Crippen LogP contribution is 2.46. The Labute approximate surface area is 242 Å². The van der Waals surface area contributed by atoms with E-state index in [1.807, 2.05) is 26.0 Å². The highest BCUT2D eigenvalue weighted by atomic mass is 16.6. The molecule has 0 radical (unpaired) electrons. The first-order chi connectivity index (χ1) is 19.3. The molecule has 41 heavy (non-hydrogen) atoms. The van der Waals surface area contributed by atoms with E-state index in [-0.39, 0.29) is 48.6 Å². The largest absolute Gasteiger partial charge is 0.459 e. The van der Waals surface area contributed by atoms with E-state index in [4.69, 9.17) is 30.4 Å². The summed E-state index contributed by atoms with van der Waals surface area (Å²) in [5.74, 6) is -1.11. The lowest BCUT2D eigenvalue weighted by Crippen LogP contribution is -2.50. The molecule has 226 valence electrons. The van der Waals surface area contributed by atoms with Gasteiger partial charge in [-0.2, -0.15) is 4.99 Å². The number of nitrogens with two attached hydrogens (primary N) is 2. The summed E-state index contributed by atoms with van der Waals surface area (Å²) < 4.78 is 23.1. The van der Waals surface area contributed by atoms with E-state index in [0.29, 0.717) is 13.0 Å². The Morgan fingerprint density at radius 2 is 1.93 bits per heavy atom. The van der Waals surface area contributed by atoms with Crippen LogP contribution in [0.3, 0.4) is 0 Å². The number of amides is 2. The van der Waals surface area contributed by atoms with Crippen molar-refractivity contribution in [3.63, 3.8) is 0 Å². The van der Waals surface area contributed by atoms with Crippen molar-refractivity contribution in [2.75, 3.05) is 6.61 Å². The Bertz CT molecular complexity index is 1120. The lowest BCUT2D eigenvalue weighted by atomic mass is 9.86. The van der Waals surface area contributed by atoms with Gasteiger partial charge in [-0.1, -0.05) is 37.3 Å². The molecular weight excluding hydrogens is 528 g/mol. The molecule has 3 heterocycles. The van der Waals surface area contributed by atoms with Crippen LogP contribution in [0.5, 0.6) is 0 Å². The minimum Gasteiger partial charge on any atom is -0.459 e. The molecule has 5 N–H and O–H groups in total.